The summed E-state index contributed by atoms with van der Waals surface area (Å²) in [6.07, 6.45) is 0. The molecular weight excluding hydrogens is 322 g/mol. The van der Waals surface area contributed by atoms with Crippen LogP contribution in [0.1, 0.15) is 40.1 Å². The van der Waals surface area contributed by atoms with Crippen LogP contribution in [-0.2, 0) is 16.1 Å². The van der Waals surface area contributed by atoms with Crippen molar-refractivity contribution in [2.24, 2.45) is 0 Å². The molecule has 0 aliphatic heterocycles. The zero-order valence-corrected chi connectivity index (χ0v) is 14.3. The van der Waals surface area contributed by atoms with Crippen molar-refractivity contribution >= 4 is 23.3 Å². The van der Waals surface area contributed by atoms with Crippen LogP contribution < -0.4 is 10.1 Å². The van der Waals surface area contributed by atoms with Gasteiger partial charge in [0.15, 0.2) is 5.78 Å². The Bertz CT molecular complexity index is 813. The van der Waals surface area contributed by atoms with Crippen molar-refractivity contribution in [1.29, 1.82) is 0 Å². The number of methoxy groups -OCH3 is 1. The van der Waals surface area contributed by atoms with Crippen LogP contribution >= 0.6 is 0 Å². The number of ketones is 1. The highest BCUT2D eigenvalue weighted by Gasteiger charge is 2.12. The summed E-state index contributed by atoms with van der Waals surface area (Å²) in [6, 6.07) is 11.4. The number of anilines is 1. The third-order valence-corrected chi connectivity index (χ3v) is 3.46. The van der Waals surface area contributed by atoms with Crippen molar-refractivity contribution in [1.82, 2.24) is 0 Å². The first-order chi connectivity index (χ1) is 11.9. The van der Waals surface area contributed by atoms with E-state index in [2.05, 4.69) is 5.32 Å². The van der Waals surface area contributed by atoms with Crippen molar-refractivity contribution < 1.29 is 23.9 Å². The lowest BCUT2D eigenvalue weighted by molar-refractivity contribution is -0.114. The quantitative estimate of drug-likeness (QED) is 0.644. The smallest absolute Gasteiger partial charge is 0.338 e. The van der Waals surface area contributed by atoms with Gasteiger partial charge in [0.05, 0.1) is 12.7 Å². The second-order valence-electron chi connectivity index (χ2n) is 5.42. The monoisotopic (exact) mass is 341 g/mol. The highest BCUT2D eigenvalue weighted by atomic mass is 16.5. The number of rotatable bonds is 6. The number of carbonyl (C=O) groups is 3. The van der Waals surface area contributed by atoms with Crippen molar-refractivity contribution in [3.63, 3.8) is 0 Å². The van der Waals surface area contributed by atoms with Crippen molar-refractivity contribution in [3.05, 3.63) is 59.2 Å². The Kier molecular flexibility index (Phi) is 5.89. The first kappa shape index (κ1) is 18.2. The van der Waals surface area contributed by atoms with E-state index in [1.165, 1.54) is 27.0 Å². The highest BCUT2D eigenvalue weighted by molar-refractivity contribution is 5.95. The molecule has 0 saturated carbocycles. The van der Waals surface area contributed by atoms with E-state index in [1.54, 1.807) is 36.4 Å². The number of benzene rings is 2. The van der Waals surface area contributed by atoms with E-state index in [4.69, 9.17) is 9.47 Å². The number of amides is 1. The maximum absolute atomic E-state index is 12.2. The van der Waals surface area contributed by atoms with Crippen LogP contribution in [0.3, 0.4) is 0 Å². The molecule has 2 aromatic carbocycles. The van der Waals surface area contributed by atoms with E-state index in [-0.39, 0.29) is 18.3 Å². The van der Waals surface area contributed by atoms with Gasteiger partial charge in [-0.25, -0.2) is 4.79 Å². The molecule has 0 aromatic heterocycles. The van der Waals surface area contributed by atoms with Gasteiger partial charge in [-0.05, 0) is 43.3 Å². The third-order valence-electron chi connectivity index (χ3n) is 3.46. The SMILES string of the molecule is COc1ccc(C(C)=O)cc1COC(=O)c1cccc(NC(C)=O)c1. The number of carbonyl (C=O) groups excluding carboxylic acids is 3. The molecule has 0 saturated heterocycles. The Morgan fingerprint density at radius 1 is 1.00 bits per heavy atom. The lowest BCUT2D eigenvalue weighted by Crippen LogP contribution is -2.09. The fourth-order valence-corrected chi connectivity index (χ4v) is 2.26. The Labute approximate surface area is 145 Å². The average molecular weight is 341 g/mol. The van der Waals surface area contributed by atoms with E-state index >= 15 is 0 Å². The van der Waals surface area contributed by atoms with Gasteiger partial charge in [0.2, 0.25) is 5.91 Å². The van der Waals surface area contributed by atoms with Crippen LogP contribution in [0.25, 0.3) is 0 Å². The molecule has 1 amide bonds. The Balaban J connectivity index is 2.13. The second kappa shape index (κ2) is 8.10. The summed E-state index contributed by atoms with van der Waals surface area (Å²) in [5.41, 5.74) is 1.94. The predicted molar refractivity (Wildman–Crippen MR) is 92.9 cm³/mol. The molecule has 0 radical (unpaired) electrons. The van der Waals surface area contributed by atoms with Crippen LogP contribution in [0, 0.1) is 0 Å². The summed E-state index contributed by atoms with van der Waals surface area (Å²) >= 11 is 0. The maximum atomic E-state index is 12.2. The molecular formula is C19H19NO5. The van der Waals surface area contributed by atoms with E-state index in [1.807, 2.05) is 0 Å². The minimum absolute atomic E-state index is 0.0342. The Morgan fingerprint density at radius 2 is 1.76 bits per heavy atom. The van der Waals surface area contributed by atoms with Gasteiger partial charge in [-0.3, -0.25) is 9.59 Å². The number of ether oxygens (including phenoxy) is 2. The van der Waals surface area contributed by atoms with Crippen molar-refractivity contribution in [2.75, 3.05) is 12.4 Å². The molecule has 1 N–H and O–H groups in total. The summed E-state index contributed by atoms with van der Waals surface area (Å²) < 4.78 is 10.5. The predicted octanol–water partition coefficient (Wildman–Crippen LogP) is 3.21. The molecule has 0 unspecified atom stereocenters. The lowest BCUT2D eigenvalue weighted by Gasteiger charge is -2.11. The summed E-state index contributed by atoms with van der Waals surface area (Å²) in [4.78, 5) is 34.8. The molecule has 0 spiro atoms. The second-order valence-corrected chi connectivity index (χ2v) is 5.42. The standard InChI is InChI=1S/C19H19NO5/c1-12(21)14-7-8-18(24-3)16(9-14)11-25-19(23)15-5-4-6-17(10-15)20-13(2)22/h4-10H,11H2,1-3H3,(H,20,22). The maximum Gasteiger partial charge on any atom is 0.338 e. The van der Waals surface area contributed by atoms with Gasteiger partial charge in [0.25, 0.3) is 0 Å². The van der Waals surface area contributed by atoms with Crippen LogP contribution in [0.15, 0.2) is 42.5 Å². The van der Waals surface area contributed by atoms with Gasteiger partial charge in [-0.2, -0.15) is 0 Å². The van der Waals surface area contributed by atoms with Gasteiger partial charge >= 0.3 is 5.97 Å². The lowest BCUT2D eigenvalue weighted by atomic mass is 10.1. The van der Waals surface area contributed by atoms with Gasteiger partial charge in [0.1, 0.15) is 12.4 Å². The molecule has 0 heterocycles. The molecule has 6 nitrogen and oxygen atoms in total. The number of esters is 1. The largest absolute Gasteiger partial charge is 0.496 e. The first-order valence-electron chi connectivity index (χ1n) is 7.63. The van der Waals surface area contributed by atoms with Crippen LogP contribution in [0.4, 0.5) is 5.69 Å². The molecule has 6 heteroatoms. The average Bonchev–Trinajstić information content (AvgIpc) is 2.58. The molecule has 0 bridgehead atoms. The number of nitrogens with one attached hydrogen (secondary N) is 1. The van der Waals surface area contributed by atoms with Crippen LogP contribution in [-0.4, -0.2) is 24.8 Å². The number of hydrogen-bond donors (Lipinski definition) is 1. The van der Waals surface area contributed by atoms with Gasteiger partial charge in [0, 0.05) is 23.7 Å². The molecule has 2 rings (SSSR count). The molecule has 0 atom stereocenters. The minimum Gasteiger partial charge on any atom is -0.496 e. The van der Waals surface area contributed by atoms with E-state index in [0.29, 0.717) is 28.1 Å². The minimum atomic E-state index is -0.539. The fourth-order valence-electron chi connectivity index (χ4n) is 2.26. The molecule has 0 aliphatic carbocycles. The van der Waals surface area contributed by atoms with Crippen LogP contribution in [0.2, 0.25) is 0 Å². The van der Waals surface area contributed by atoms with Crippen molar-refractivity contribution in [3.8, 4) is 5.75 Å². The first-order valence-corrected chi connectivity index (χ1v) is 7.63. The van der Waals surface area contributed by atoms with Crippen molar-refractivity contribution in [2.45, 2.75) is 20.5 Å². The summed E-state index contributed by atoms with van der Waals surface area (Å²) in [5.74, 6) is -0.318. The van der Waals surface area contributed by atoms with E-state index < -0.39 is 5.97 Å². The summed E-state index contributed by atoms with van der Waals surface area (Å²) in [5, 5.41) is 2.61. The molecule has 2 aromatic rings. The van der Waals surface area contributed by atoms with E-state index in [0.717, 1.165) is 0 Å². The number of hydrogen-bond acceptors (Lipinski definition) is 5. The van der Waals surface area contributed by atoms with Gasteiger partial charge in [-0.15, -0.1) is 0 Å². The van der Waals surface area contributed by atoms with E-state index in [9.17, 15) is 14.4 Å². The zero-order valence-electron chi connectivity index (χ0n) is 14.3. The van der Waals surface area contributed by atoms with Gasteiger partial charge in [-0.1, -0.05) is 6.07 Å². The Morgan fingerprint density at radius 3 is 2.40 bits per heavy atom. The fraction of sp³-hybridized carbons (Fsp3) is 0.211. The zero-order chi connectivity index (χ0) is 18.4. The number of Topliss-reactive ketones (excluding diaryl/α,β-unsaturated/α-hetero) is 1. The van der Waals surface area contributed by atoms with Crippen LogP contribution in [0.5, 0.6) is 5.75 Å². The normalized spacial score (nSPS) is 10.0. The summed E-state index contributed by atoms with van der Waals surface area (Å²) in [6.45, 7) is 2.82. The Hall–Kier alpha value is -3.15. The summed E-state index contributed by atoms with van der Waals surface area (Å²) in [7, 11) is 1.50. The molecule has 0 aliphatic rings. The third kappa shape index (κ3) is 4.91. The highest BCUT2D eigenvalue weighted by Crippen LogP contribution is 2.22. The molecule has 0 fully saturated rings. The molecule has 130 valence electrons. The van der Waals surface area contributed by atoms with Gasteiger partial charge < -0.3 is 14.8 Å². The topological polar surface area (TPSA) is 81.7 Å². The molecule has 25 heavy (non-hydrogen) atoms.